The summed E-state index contributed by atoms with van der Waals surface area (Å²) in [7, 11) is 0. The van der Waals surface area contributed by atoms with Crippen molar-refractivity contribution in [3.05, 3.63) is 11.9 Å². The lowest BCUT2D eigenvalue weighted by molar-refractivity contribution is -0.133. The van der Waals surface area contributed by atoms with E-state index in [0.29, 0.717) is 23.9 Å². The van der Waals surface area contributed by atoms with Gasteiger partial charge in [0.2, 0.25) is 5.91 Å². The zero-order chi connectivity index (χ0) is 17.8. The van der Waals surface area contributed by atoms with Crippen molar-refractivity contribution in [2.24, 2.45) is 5.92 Å². The zero-order valence-electron chi connectivity index (χ0n) is 15.3. The molecule has 3 rings (SSSR count). The van der Waals surface area contributed by atoms with Crippen LogP contribution in [0.25, 0.3) is 0 Å². The Kier molecular flexibility index (Phi) is 5.71. The van der Waals surface area contributed by atoms with Crippen molar-refractivity contribution in [3.8, 4) is 0 Å². The van der Waals surface area contributed by atoms with E-state index in [1.54, 1.807) is 10.9 Å². The smallest absolute Gasteiger partial charge is 0.273 e. The number of rotatable bonds is 5. The molecule has 1 aliphatic heterocycles. The topological polar surface area (TPSA) is 80.1 Å². The Morgan fingerprint density at radius 2 is 1.88 bits per heavy atom. The van der Waals surface area contributed by atoms with Gasteiger partial charge in [-0.05, 0) is 45.4 Å². The standard InChI is InChI=1S/C18H29N5O2/c1-13(2)19-18(25)16-12-23(21-20-16)15-7-9-22(10-8-15)17(24)11-14-5-3-4-6-14/h12-15H,3-11H2,1-2H3,(H,19,25). The largest absolute Gasteiger partial charge is 0.348 e. The van der Waals surface area contributed by atoms with Crippen molar-refractivity contribution in [1.82, 2.24) is 25.2 Å². The second-order valence-corrected chi connectivity index (χ2v) is 7.68. The third kappa shape index (κ3) is 4.58. The fourth-order valence-corrected chi connectivity index (χ4v) is 3.87. The first kappa shape index (κ1) is 17.9. The summed E-state index contributed by atoms with van der Waals surface area (Å²) in [5.74, 6) is 0.717. The maximum atomic E-state index is 12.4. The summed E-state index contributed by atoms with van der Waals surface area (Å²) in [4.78, 5) is 26.4. The van der Waals surface area contributed by atoms with Gasteiger partial charge in [-0.25, -0.2) is 4.68 Å². The van der Waals surface area contributed by atoms with Gasteiger partial charge in [0.25, 0.3) is 5.91 Å². The molecule has 2 heterocycles. The Hall–Kier alpha value is -1.92. The lowest BCUT2D eigenvalue weighted by atomic mass is 10.0. The Morgan fingerprint density at radius 1 is 1.20 bits per heavy atom. The number of nitrogens with one attached hydrogen (secondary N) is 1. The maximum absolute atomic E-state index is 12.4. The molecule has 2 fully saturated rings. The van der Waals surface area contributed by atoms with Crippen molar-refractivity contribution in [3.63, 3.8) is 0 Å². The Morgan fingerprint density at radius 3 is 2.52 bits per heavy atom. The van der Waals surface area contributed by atoms with Crippen LogP contribution in [0, 0.1) is 5.92 Å². The van der Waals surface area contributed by atoms with Crippen LogP contribution in [0.4, 0.5) is 0 Å². The molecule has 1 aliphatic carbocycles. The van der Waals surface area contributed by atoms with E-state index in [-0.39, 0.29) is 18.0 Å². The quantitative estimate of drug-likeness (QED) is 0.885. The summed E-state index contributed by atoms with van der Waals surface area (Å²) in [6.45, 7) is 5.37. The molecule has 25 heavy (non-hydrogen) atoms. The molecular weight excluding hydrogens is 318 g/mol. The summed E-state index contributed by atoms with van der Waals surface area (Å²) < 4.78 is 1.79. The fourth-order valence-electron chi connectivity index (χ4n) is 3.87. The van der Waals surface area contributed by atoms with Gasteiger partial charge in [0.15, 0.2) is 5.69 Å². The molecule has 1 aromatic rings. The normalized spacial score (nSPS) is 19.6. The number of amides is 2. The number of aromatic nitrogens is 3. The van der Waals surface area contributed by atoms with E-state index in [1.165, 1.54) is 25.7 Å². The Balaban J connectivity index is 1.49. The van der Waals surface area contributed by atoms with Gasteiger partial charge in [0.1, 0.15) is 0 Å². The molecule has 1 saturated carbocycles. The minimum absolute atomic E-state index is 0.0757. The Bertz CT molecular complexity index is 598. The number of carbonyl (C=O) groups excluding carboxylic acids is 2. The maximum Gasteiger partial charge on any atom is 0.273 e. The number of hydrogen-bond donors (Lipinski definition) is 1. The number of piperidine rings is 1. The van der Waals surface area contributed by atoms with E-state index >= 15 is 0 Å². The highest BCUT2D eigenvalue weighted by atomic mass is 16.2. The molecule has 0 atom stereocenters. The first-order chi connectivity index (χ1) is 12.0. The molecule has 1 aromatic heterocycles. The number of likely N-dealkylation sites (tertiary alicyclic amines) is 1. The molecule has 2 amide bonds. The molecule has 0 radical (unpaired) electrons. The minimum atomic E-state index is -0.189. The summed E-state index contributed by atoms with van der Waals surface area (Å²) in [5, 5.41) is 10.9. The molecule has 0 bridgehead atoms. The van der Waals surface area contributed by atoms with Crippen molar-refractivity contribution < 1.29 is 9.59 Å². The first-order valence-electron chi connectivity index (χ1n) is 9.53. The van der Waals surface area contributed by atoms with Gasteiger partial charge < -0.3 is 10.2 Å². The third-order valence-electron chi connectivity index (χ3n) is 5.29. The lowest BCUT2D eigenvalue weighted by Crippen LogP contribution is -2.39. The van der Waals surface area contributed by atoms with E-state index in [2.05, 4.69) is 15.6 Å². The highest BCUT2D eigenvalue weighted by Crippen LogP contribution is 2.29. The van der Waals surface area contributed by atoms with Crippen LogP contribution in [0.2, 0.25) is 0 Å². The van der Waals surface area contributed by atoms with Gasteiger partial charge in [0, 0.05) is 25.6 Å². The first-order valence-corrected chi connectivity index (χ1v) is 9.53. The van der Waals surface area contributed by atoms with E-state index < -0.39 is 0 Å². The van der Waals surface area contributed by atoms with Crippen LogP contribution in [0.15, 0.2) is 6.20 Å². The van der Waals surface area contributed by atoms with Crippen molar-refractivity contribution in [1.29, 1.82) is 0 Å². The van der Waals surface area contributed by atoms with Crippen molar-refractivity contribution >= 4 is 11.8 Å². The van der Waals surface area contributed by atoms with Gasteiger partial charge in [-0.2, -0.15) is 0 Å². The van der Waals surface area contributed by atoms with Crippen molar-refractivity contribution in [2.75, 3.05) is 13.1 Å². The minimum Gasteiger partial charge on any atom is -0.348 e. The van der Waals surface area contributed by atoms with Crippen LogP contribution >= 0.6 is 0 Å². The fraction of sp³-hybridized carbons (Fsp3) is 0.778. The van der Waals surface area contributed by atoms with E-state index in [4.69, 9.17) is 0 Å². The summed E-state index contributed by atoms with van der Waals surface area (Å²) in [6, 6.07) is 0.287. The SMILES string of the molecule is CC(C)NC(=O)c1cn(C2CCN(C(=O)CC3CCCC3)CC2)nn1. The molecular formula is C18H29N5O2. The van der Waals surface area contributed by atoms with Crippen LogP contribution in [-0.2, 0) is 4.79 Å². The lowest BCUT2D eigenvalue weighted by Gasteiger charge is -2.32. The molecule has 7 nitrogen and oxygen atoms in total. The summed E-state index contributed by atoms with van der Waals surface area (Å²) >= 11 is 0. The van der Waals surface area contributed by atoms with Crippen LogP contribution in [0.1, 0.15) is 75.3 Å². The molecule has 7 heteroatoms. The highest BCUT2D eigenvalue weighted by Gasteiger charge is 2.27. The number of carbonyl (C=O) groups is 2. The van der Waals surface area contributed by atoms with Crippen LogP contribution in [0.3, 0.4) is 0 Å². The van der Waals surface area contributed by atoms with Gasteiger partial charge >= 0.3 is 0 Å². The monoisotopic (exact) mass is 347 g/mol. The predicted octanol–water partition coefficient (Wildman–Crippen LogP) is 2.16. The molecule has 138 valence electrons. The average Bonchev–Trinajstić information content (AvgIpc) is 3.26. The molecule has 0 unspecified atom stereocenters. The summed E-state index contributed by atoms with van der Waals surface area (Å²) in [6.07, 6.45) is 9.14. The number of hydrogen-bond acceptors (Lipinski definition) is 4. The molecule has 2 aliphatic rings. The van der Waals surface area contributed by atoms with Crippen LogP contribution < -0.4 is 5.32 Å². The van der Waals surface area contributed by atoms with Crippen molar-refractivity contribution in [2.45, 2.75) is 70.9 Å². The molecule has 0 aromatic carbocycles. The predicted molar refractivity (Wildman–Crippen MR) is 94.1 cm³/mol. The second-order valence-electron chi connectivity index (χ2n) is 7.68. The third-order valence-corrected chi connectivity index (χ3v) is 5.29. The van der Waals surface area contributed by atoms with Gasteiger partial charge in [-0.1, -0.05) is 18.1 Å². The van der Waals surface area contributed by atoms with Gasteiger partial charge in [-0.15, -0.1) is 5.10 Å². The molecule has 1 saturated heterocycles. The summed E-state index contributed by atoms with van der Waals surface area (Å²) in [5.41, 5.74) is 0.355. The van der Waals surface area contributed by atoms with Gasteiger partial charge in [-0.3, -0.25) is 9.59 Å². The van der Waals surface area contributed by atoms with Crippen LogP contribution in [0.5, 0.6) is 0 Å². The van der Waals surface area contributed by atoms with Crippen LogP contribution in [-0.4, -0.2) is 50.8 Å². The van der Waals surface area contributed by atoms with E-state index in [9.17, 15) is 9.59 Å². The van der Waals surface area contributed by atoms with E-state index in [1.807, 2.05) is 18.7 Å². The average molecular weight is 347 g/mol. The number of nitrogens with zero attached hydrogens (tertiary/aromatic N) is 4. The molecule has 1 N–H and O–H groups in total. The van der Waals surface area contributed by atoms with E-state index in [0.717, 1.165) is 25.9 Å². The Labute approximate surface area is 149 Å². The highest BCUT2D eigenvalue weighted by molar-refractivity contribution is 5.92. The van der Waals surface area contributed by atoms with Gasteiger partial charge in [0.05, 0.1) is 12.2 Å². The second kappa shape index (κ2) is 7.97. The zero-order valence-corrected chi connectivity index (χ0v) is 15.3. The molecule has 0 spiro atoms.